The summed E-state index contributed by atoms with van der Waals surface area (Å²) >= 11 is 0. The second kappa shape index (κ2) is 4.84. The number of aromatic nitrogens is 2. The predicted octanol–water partition coefficient (Wildman–Crippen LogP) is 3.49. The Morgan fingerprint density at radius 1 is 1.28 bits per heavy atom. The number of nitrogens with zero attached hydrogens (tertiary/aromatic N) is 2. The summed E-state index contributed by atoms with van der Waals surface area (Å²) in [5.41, 5.74) is 10.6. The Labute approximate surface area is 109 Å². The predicted molar refractivity (Wildman–Crippen MR) is 76.5 cm³/mol. The minimum absolute atomic E-state index is 0.603. The van der Waals surface area contributed by atoms with E-state index >= 15 is 0 Å². The summed E-state index contributed by atoms with van der Waals surface area (Å²) in [4.78, 5) is 0. The van der Waals surface area contributed by atoms with Gasteiger partial charge in [0.05, 0.1) is 0 Å². The second-order valence-corrected chi connectivity index (χ2v) is 4.90. The second-order valence-electron chi connectivity index (χ2n) is 4.90. The molecule has 18 heavy (non-hydrogen) atoms. The van der Waals surface area contributed by atoms with Crippen LogP contribution in [0.2, 0.25) is 0 Å². The molecule has 0 saturated carbocycles. The van der Waals surface area contributed by atoms with Crippen molar-refractivity contribution in [3.63, 3.8) is 0 Å². The van der Waals surface area contributed by atoms with Gasteiger partial charge in [-0.25, -0.2) is 0 Å². The molecule has 0 aliphatic carbocycles. The summed E-state index contributed by atoms with van der Waals surface area (Å²) in [7, 11) is 1.92. The topological polar surface area (TPSA) is 43.8 Å². The van der Waals surface area contributed by atoms with E-state index in [0.717, 1.165) is 23.2 Å². The molecule has 1 aromatic heterocycles. The first kappa shape index (κ1) is 12.7. The Kier molecular flexibility index (Phi) is 3.41. The number of anilines is 1. The van der Waals surface area contributed by atoms with Gasteiger partial charge in [-0.3, -0.25) is 4.68 Å². The monoisotopic (exact) mass is 243 g/mol. The highest BCUT2D eigenvalue weighted by Gasteiger charge is 2.12. The largest absolute Gasteiger partial charge is 0.382 e. The van der Waals surface area contributed by atoms with Crippen molar-refractivity contribution in [3.8, 4) is 11.1 Å². The van der Waals surface area contributed by atoms with Gasteiger partial charge < -0.3 is 5.73 Å². The smallest absolute Gasteiger partial charge is 0.153 e. The van der Waals surface area contributed by atoms with Gasteiger partial charge in [0, 0.05) is 18.3 Å². The summed E-state index contributed by atoms with van der Waals surface area (Å²) < 4.78 is 1.83. The Morgan fingerprint density at radius 2 is 1.89 bits per heavy atom. The van der Waals surface area contributed by atoms with Gasteiger partial charge in [0.15, 0.2) is 5.82 Å². The standard InChI is InChI=1S/C15H21N3/c1-5-10(2)12-6-8-13(9-7-12)14-11(3)18(4)17-15(14)16/h6-10H,5H2,1-4H3,(H2,16,17). The number of nitrogen functional groups attached to an aromatic ring is 1. The molecule has 3 nitrogen and oxygen atoms in total. The number of rotatable bonds is 3. The molecule has 1 unspecified atom stereocenters. The fraction of sp³-hybridized carbons (Fsp3) is 0.400. The van der Waals surface area contributed by atoms with Gasteiger partial charge in [-0.15, -0.1) is 0 Å². The molecule has 3 heteroatoms. The van der Waals surface area contributed by atoms with E-state index in [0.29, 0.717) is 11.7 Å². The molecule has 2 N–H and O–H groups in total. The van der Waals surface area contributed by atoms with Gasteiger partial charge in [0.2, 0.25) is 0 Å². The van der Waals surface area contributed by atoms with Crippen LogP contribution in [-0.4, -0.2) is 9.78 Å². The zero-order valence-corrected chi connectivity index (χ0v) is 11.6. The third-order valence-corrected chi connectivity index (χ3v) is 3.74. The minimum atomic E-state index is 0.603. The van der Waals surface area contributed by atoms with E-state index in [-0.39, 0.29) is 0 Å². The highest BCUT2D eigenvalue weighted by molar-refractivity contribution is 5.76. The molecule has 0 aliphatic rings. The lowest BCUT2D eigenvalue weighted by Crippen LogP contribution is -1.93. The molecule has 0 saturated heterocycles. The van der Waals surface area contributed by atoms with Crippen LogP contribution in [0.1, 0.15) is 37.4 Å². The van der Waals surface area contributed by atoms with Gasteiger partial charge in [0.25, 0.3) is 0 Å². The van der Waals surface area contributed by atoms with Crippen molar-refractivity contribution < 1.29 is 0 Å². The molecule has 2 rings (SSSR count). The van der Waals surface area contributed by atoms with Gasteiger partial charge in [-0.2, -0.15) is 5.10 Å². The molecular weight excluding hydrogens is 222 g/mol. The van der Waals surface area contributed by atoms with Gasteiger partial charge in [-0.1, -0.05) is 38.1 Å². The quantitative estimate of drug-likeness (QED) is 0.896. The lowest BCUT2D eigenvalue weighted by molar-refractivity contribution is 0.734. The Morgan fingerprint density at radius 3 is 2.33 bits per heavy atom. The van der Waals surface area contributed by atoms with Gasteiger partial charge in [-0.05, 0) is 30.4 Å². The molecule has 0 aliphatic heterocycles. The zero-order valence-electron chi connectivity index (χ0n) is 11.6. The van der Waals surface area contributed by atoms with E-state index in [1.54, 1.807) is 0 Å². The molecule has 96 valence electrons. The first-order valence-corrected chi connectivity index (χ1v) is 6.44. The molecule has 1 atom stereocenters. The fourth-order valence-corrected chi connectivity index (χ4v) is 2.20. The SMILES string of the molecule is CCC(C)c1ccc(-c2c(N)nn(C)c2C)cc1. The fourth-order valence-electron chi connectivity index (χ4n) is 2.20. The van der Waals surface area contributed by atoms with E-state index in [2.05, 4.69) is 43.2 Å². The highest BCUT2D eigenvalue weighted by Crippen LogP contribution is 2.30. The normalized spacial score (nSPS) is 12.7. The first-order valence-electron chi connectivity index (χ1n) is 6.44. The van der Waals surface area contributed by atoms with Crippen LogP contribution in [0.3, 0.4) is 0 Å². The van der Waals surface area contributed by atoms with Crippen LogP contribution >= 0.6 is 0 Å². The first-order chi connectivity index (χ1) is 8.54. The average molecular weight is 243 g/mol. The Balaban J connectivity index is 2.40. The van der Waals surface area contributed by atoms with Crippen molar-refractivity contribution in [2.24, 2.45) is 7.05 Å². The summed E-state index contributed by atoms with van der Waals surface area (Å²) in [5, 5.41) is 4.26. The van der Waals surface area contributed by atoms with Crippen LogP contribution < -0.4 is 5.73 Å². The lowest BCUT2D eigenvalue weighted by atomic mass is 9.96. The number of hydrogen-bond donors (Lipinski definition) is 1. The summed E-state index contributed by atoms with van der Waals surface area (Å²) in [6.45, 7) is 6.50. The maximum Gasteiger partial charge on any atom is 0.153 e. The van der Waals surface area contributed by atoms with Crippen molar-refractivity contribution in [2.45, 2.75) is 33.1 Å². The summed E-state index contributed by atoms with van der Waals surface area (Å²) in [6.07, 6.45) is 1.16. The van der Waals surface area contributed by atoms with Crippen LogP contribution in [0.25, 0.3) is 11.1 Å². The van der Waals surface area contributed by atoms with E-state index in [1.165, 1.54) is 5.56 Å². The molecule has 0 bridgehead atoms. The van der Waals surface area contributed by atoms with Gasteiger partial charge in [0.1, 0.15) is 0 Å². The van der Waals surface area contributed by atoms with E-state index in [1.807, 2.05) is 18.7 Å². The molecule has 0 fully saturated rings. The molecular formula is C15H21N3. The lowest BCUT2D eigenvalue weighted by Gasteiger charge is -2.10. The number of nitrogens with two attached hydrogens (primary N) is 1. The van der Waals surface area contributed by atoms with E-state index in [9.17, 15) is 0 Å². The number of benzene rings is 1. The molecule has 1 aromatic carbocycles. The molecule has 0 spiro atoms. The van der Waals surface area contributed by atoms with E-state index in [4.69, 9.17) is 5.73 Å². The third kappa shape index (κ3) is 2.13. The minimum Gasteiger partial charge on any atom is -0.382 e. The maximum atomic E-state index is 5.97. The Bertz CT molecular complexity index is 538. The molecule has 1 heterocycles. The van der Waals surface area contributed by atoms with Crippen molar-refractivity contribution in [1.82, 2.24) is 9.78 Å². The van der Waals surface area contributed by atoms with Crippen molar-refractivity contribution >= 4 is 5.82 Å². The highest BCUT2D eigenvalue weighted by atomic mass is 15.3. The maximum absolute atomic E-state index is 5.97. The van der Waals surface area contributed by atoms with Crippen LogP contribution in [-0.2, 0) is 7.05 Å². The van der Waals surface area contributed by atoms with Crippen molar-refractivity contribution in [2.75, 3.05) is 5.73 Å². The van der Waals surface area contributed by atoms with Crippen molar-refractivity contribution in [1.29, 1.82) is 0 Å². The Hall–Kier alpha value is -1.77. The summed E-state index contributed by atoms with van der Waals surface area (Å²) in [6, 6.07) is 8.66. The van der Waals surface area contributed by atoms with Crippen molar-refractivity contribution in [3.05, 3.63) is 35.5 Å². The number of hydrogen-bond acceptors (Lipinski definition) is 2. The van der Waals surface area contributed by atoms with Gasteiger partial charge >= 0.3 is 0 Å². The summed E-state index contributed by atoms with van der Waals surface area (Å²) in [5.74, 6) is 1.21. The van der Waals surface area contributed by atoms with Crippen LogP contribution in [0.4, 0.5) is 5.82 Å². The molecule has 0 radical (unpaired) electrons. The van der Waals surface area contributed by atoms with Crippen LogP contribution in [0.15, 0.2) is 24.3 Å². The third-order valence-electron chi connectivity index (χ3n) is 3.74. The average Bonchev–Trinajstić information content (AvgIpc) is 2.63. The van der Waals surface area contributed by atoms with E-state index < -0.39 is 0 Å². The zero-order chi connectivity index (χ0) is 13.3. The molecule has 2 aromatic rings. The molecule has 0 amide bonds. The van der Waals surface area contributed by atoms with Crippen LogP contribution in [0.5, 0.6) is 0 Å². The van der Waals surface area contributed by atoms with Crippen LogP contribution in [0, 0.1) is 6.92 Å². The number of aryl methyl sites for hydroxylation is 1.